The number of morpholine rings is 2. The number of hydrogen-bond acceptors (Lipinski definition) is 7. The van der Waals surface area contributed by atoms with Crippen molar-refractivity contribution in [3.8, 4) is 6.01 Å². The van der Waals surface area contributed by atoms with Crippen LogP contribution in [0.3, 0.4) is 0 Å². The van der Waals surface area contributed by atoms with Gasteiger partial charge >= 0.3 is 6.01 Å². The molecular weight excluding hydrogens is 312 g/mol. The van der Waals surface area contributed by atoms with Crippen LogP contribution in [0.1, 0.15) is 12.5 Å². The van der Waals surface area contributed by atoms with E-state index in [0.717, 1.165) is 12.1 Å². The van der Waals surface area contributed by atoms with Gasteiger partial charge in [-0.2, -0.15) is 0 Å². The van der Waals surface area contributed by atoms with Crippen molar-refractivity contribution in [2.45, 2.75) is 19.1 Å². The van der Waals surface area contributed by atoms with Gasteiger partial charge in [0.05, 0.1) is 26.9 Å². The first-order valence-electron chi connectivity index (χ1n) is 8.19. The zero-order chi connectivity index (χ0) is 17.0. The normalized spacial score (nSPS) is 25.5. The molecule has 0 radical (unpaired) electrons. The van der Waals surface area contributed by atoms with Crippen molar-refractivity contribution in [2.75, 3.05) is 53.1 Å². The number of ether oxygens (including phenoxy) is 3. The summed E-state index contributed by atoms with van der Waals surface area (Å²) < 4.78 is 16.2. The van der Waals surface area contributed by atoms with Crippen molar-refractivity contribution in [1.29, 1.82) is 0 Å². The molecule has 132 valence electrons. The van der Waals surface area contributed by atoms with E-state index >= 15 is 0 Å². The number of carbonyl (C=O) groups excluding carboxylic acids is 1. The van der Waals surface area contributed by atoms with Crippen LogP contribution in [0.2, 0.25) is 0 Å². The van der Waals surface area contributed by atoms with Crippen LogP contribution in [-0.2, 0) is 20.8 Å². The van der Waals surface area contributed by atoms with E-state index in [1.165, 1.54) is 0 Å². The van der Waals surface area contributed by atoms with Crippen molar-refractivity contribution in [2.24, 2.45) is 0 Å². The maximum Gasteiger partial charge on any atom is 0.316 e. The molecule has 0 aromatic carbocycles. The lowest BCUT2D eigenvalue weighted by atomic mass is 10.0. The van der Waals surface area contributed by atoms with Gasteiger partial charge in [-0.05, 0) is 6.92 Å². The summed E-state index contributed by atoms with van der Waals surface area (Å²) >= 11 is 0. The molecule has 0 spiro atoms. The van der Waals surface area contributed by atoms with E-state index in [9.17, 15) is 4.79 Å². The van der Waals surface area contributed by atoms with Crippen molar-refractivity contribution in [3.63, 3.8) is 0 Å². The van der Waals surface area contributed by atoms with Crippen LogP contribution in [0.5, 0.6) is 6.01 Å². The second-order valence-corrected chi connectivity index (χ2v) is 6.27. The van der Waals surface area contributed by atoms with E-state index in [-0.39, 0.29) is 5.91 Å². The Morgan fingerprint density at radius 2 is 1.96 bits per heavy atom. The number of aromatic nitrogens is 2. The van der Waals surface area contributed by atoms with Gasteiger partial charge in [0.1, 0.15) is 0 Å². The molecule has 3 rings (SSSR count). The van der Waals surface area contributed by atoms with E-state index in [4.69, 9.17) is 14.2 Å². The van der Waals surface area contributed by atoms with E-state index in [2.05, 4.69) is 14.9 Å². The van der Waals surface area contributed by atoms with E-state index in [1.807, 2.05) is 11.8 Å². The average molecular weight is 336 g/mol. The number of nitrogens with zero attached hydrogens (tertiary/aromatic N) is 4. The predicted octanol–water partition coefficient (Wildman–Crippen LogP) is -0.0651. The van der Waals surface area contributed by atoms with Gasteiger partial charge in [-0.1, -0.05) is 0 Å². The summed E-state index contributed by atoms with van der Waals surface area (Å²) in [6.45, 7) is 6.86. The molecule has 2 aliphatic rings. The SMILES string of the molecule is COc1ncc(CN2CCO[C@](C)(C(=O)N3CCOCC3)C2)cn1. The largest absolute Gasteiger partial charge is 0.467 e. The molecule has 0 N–H and O–H groups in total. The highest BCUT2D eigenvalue weighted by atomic mass is 16.5. The fraction of sp³-hybridized carbons (Fsp3) is 0.688. The molecular formula is C16H24N4O4. The van der Waals surface area contributed by atoms with E-state index in [0.29, 0.717) is 52.0 Å². The molecule has 1 amide bonds. The summed E-state index contributed by atoms with van der Waals surface area (Å²) in [5.74, 6) is 0.0430. The minimum absolute atomic E-state index is 0.0430. The first-order chi connectivity index (χ1) is 11.6. The van der Waals surface area contributed by atoms with Crippen LogP contribution in [0.4, 0.5) is 0 Å². The third kappa shape index (κ3) is 3.82. The lowest BCUT2D eigenvalue weighted by Crippen LogP contribution is -2.60. The molecule has 8 nitrogen and oxygen atoms in total. The van der Waals surface area contributed by atoms with Gasteiger partial charge in [-0.15, -0.1) is 0 Å². The molecule has 1 aromatic heterocycles. The fourth-order valence-corrected chi connectivity index (χ4v) is 3.10. The minimum Gasteiger partial charge on any atom is -0.467 e. The third-order valence-electron chi connectivity index (χ3n) is 4.37. The summed E-state index contributed by atoms with van der Waals surface area (Å²) in [4.78, 5) is 25.1. The van der Waals surface area contributed by atoms with Crippen molar-refractivity contribution in [1.82, 2.24) is 19.8 Å². The molecule has 0 saturated carbocycles. The van der Waals surface area contributed by atoms with Crippen LogP contribution in [-0.4, -0.2) is 84.4 Å². The molecule has 2 aliphatic heterocycles. The van der Waals surface area contributed by atoms with Crippen LogP contribution in [0, 0.1) is 0 Å². The molecule has 0 aliphatic carbocycles. The van der Waals surface area contributed by atoms with Gasteiger partial charge in [0.25, 0.3) is 5.91 Å². The summed E-state index contributed by atoms with van der Waals surface area (Å²) in [5, 5.41) is 0. The fourth-order valence-electron chi connectivity index (χ4n) is 3.10. The smallest absolute Gasteiger partial charge is 0.316 e. The number of amides is 1. The Morgan fingerprint density at radius 1 is 1.25 bits per heavy atom. The monoisotopic (exact) mass is 336 g/mol. The van der Waals surface area contributed by atoms with Crippen LogP contribution in [0.25, 0.3) is 0 Å². The first kappa shape index (κ1) is 17.1. The highest BCUT2D eigenvalue weighted by Crippen LogP contribution is 2.22. The highest BCUT2D eigenvalue weighted by Gasteiger charge is 2.42. The predicted molar refractivity (Wildman–Crippen MR) is 85.6 cm³/mol. The number of hydrogen-bond donors (Lipinski definition) is 0. The molecule has 2 fully saturated rings. The van der Waals surface area contributed by atoms with Crippen LogP contribution < -0.4 is 4.74 Å². The van der Waals surface area contributed by atoms with Crippen molar-refractivity contribution in [3.05, 3.63) is 18.0 Å². The van der Waals surface area contributed by atoms with Crippen LogP contribution in [0.15, 0.2) is 12.4 Å². The Kier molecular flexibility index (Phi) is 5.27. The lowest BCUT2D eigenvalue weighted by molar-refractivity contribution is -0.171. The molecule has 1 aromatic rings. The topological polar surface area (TPSA) is 77.0 Å². The Morgan fingerprint density at radius 3 is 2.62 bits per heavy atom. The Balaban J connectivity index is 1.62. The summed E-state index contributed by atoms with van der Waals surface area (Å²) in [5.41, 5.74) is 0.169. The maximum absolute atomic E-state index is 12.8. The molecule has 2 saturated heterocycles. The van der Waals surface area contributed by atoms with Gasteiger partial charge in [0.15, 0.2) is 5.60 Å². The van der Waals surface area contributed by atoms with E-state index in [1.54, 1.807) is 19.5 Å². The number of rotatable bonds is 4. The van der Waals surface area contributed by atoms with E-state index < -0.39 is 5.60 Å². The molecule has 24 heavy (non-hydrogen) atoms. The summed E-state index contributed by atoms with van der Waals surface area (Å²) in [6.07, 6.45) is 3.50. The standard InChI is InChI=1S/C16H24N4O4/c1-16(14(21)20-4-6-23-7-5-20)12-19(3-8-24-16)11-13-9-17-15(22-2)18-10-13/h9-10H,3-8,11-12H2,1-2H3/t16-/m0/s1. The molecule has 3 heterocycles. The zero-order valence-corrected chi connectivity index (χ0v) is 14.2. The molecule has 1 atom stereocenters. The van der Waals surface area contributed by atoms with Crippen molar-refractivity contribution < 1.29 is 19.0 Å². The molecule has 0 unspecified atom stereocenters. The maximum atomic E-state index is 12.8. The Hall–Kier alpha value is -1.77. The first-order valence-corrected chi connectivity index (χ1v) is 8.19. The minimum atomic E-state index is -0.817. The lowest BCUT2D eigenvalue weighted by Gasteiger charge is -2.42. The van der Waals surface area contributed by atoms with Gasteiger partial charge in [0, 0.05) is 50.7 Å². The second-order valence-electron chi connectivity index (χ2n) is 6.27. The molecule has 8 heteroatoms. The van der Waals surface area contributed by atoms with Gasteiger partial charge < -0.3 is 19.1 Å². The third-order valence-corrected chi connectivity index (χ3v) is 4.37. The Labute approximate surface area is 141 Å². The Bertz CT molecular complexity index is 562. The van der Waals surface area contributed by atoms with Gasteiger partial charge in [-0.25, -0.2) is 9.97 Å². The number of methoxy groups -OCH3 is 1. The van der Waals surface area contributed by atoms with Gasteiger partial charge in [-0.3, -0.25) is 9.69 Å². The summed E-state index contributed by atoms with van der Waals surface area (Å²) in [7, 11) is 1.54. The zero-order valence-electron chi connectivity index (χ0n) is 14.2. The molecule has 0 bridgehead atoms. The van der Waals surface area contributed by atoms with Gasteiger partial charge in [0.2, 0.25) is 0 Å². The second kappa shape index (κ2) is 7.42. The number of carbonyl (C=O) groups is 1. The van der Waals surface area contributed by atoms with Crippen molar-refractivity contribution >= 4 is 5.91 Å². The quantitative estimate of drug-likeness (QED) is 0.762. The average Bonchev–Trinajstić information content (AvgIpc) is 2.62. The summed E-state index contributed by atoms with van der Waals surface area (Å²) in [6, 6.07) is 0.355. The van der Waals surface area contributed by atoms with Crippen LogP contribution >= 0.6 is 0 Å². The highest BCUT2D eigenvalue weighted by molar-refractivity contribution is 5.85.